The number of hydrogen-bond acceptors (Lipinski definition) is 4. The molecule has 0 atom stereocenters. The van der Waals surface area contributed by atoms with E-state index in [0.717, 1.165) is 4.90 Å². The number of halogens is 1. The molecule has 2 aromatic rings. The van der Waals surface area contributed by atoms with Gasteiger partial charge in [-0.15, -0.1) is 0 Å². The molecular formula is C17H20FN3O4. The average Bonchev–Trinajstić information content (AvgIpc) is 2.91. The molecule has 1 aromatic carbocycles. The van der Waals surface area contributed by atoms with E-state index in [9.17, 15) is 14.0 Å². The molecule has 0 bridgehead atoms. The summed E-state index contributed by atoms with van der Waals surface area (Å²) < 4.78 is 20.4. The third-order valence-corrected chi connectivity index (χ3v) is 3.27. The Kier molecular flexibility index (Phi) is 5.10. The van der Waals surface area contributed by atoms with Gasteiger partial charge >= 0.3 is 12.1 Å². The largest absolute Gasteiger partial charge is 0.476 e. The van der Waals surface area contributed by atoms with E-state index in [1.807, 2.05) is 0 Å². The molecule has 8 heteroatoms. The summed E-state index contributed by atoms with van der Waals surface area (Å²) in [5, 5.41) is 13.1. The molecule has 0 saturated carbocycles. The summed E-state index contributed by atoms with van der Waals surface area (Å²) in [5.41, 5.74) is -0.639. The van der Waals surface area contributed by atoms with Crippen LogP contribution in [0.25, 0.3) is 0 Å². The third-order valence-electron chi connectivity index (χ3n) is 3.27. The Morgan fingerprint density at radius 3 is 2.52 bits per heavy atom. The summed E-state index contributed by atoms with van der Waals surface area (Å²) >= 11 is 0. The van der Waals surface area contributed by atoms with E-state index in [-0.39, 0.29) is 18.1 Å². The van der Waals surface area contributed by atoms with E-state index in [0.29, 0.717) is 5.56 Å². The molecule has 1 heterocycles. The molecule has 0 spiro atoms. The van der Waals surface area contributed by atoms with Gasteiger partial charge in [-0.2, -0.15) is 5.10 Å². The molecule has 0 saturated heterocycles. The van der Waals surface area contributed by atoms with Crippen LogP contribution in [0.3, 0.4) is 0 Å². The second kappa shape index (κ2) is 6.92. The second-order valence-electron chi connectivity index (χ2n) is 6.48. The zero-order chi connectivity index (χ0) is 18.8. The summed E-state index contributed by atoms with van der Waals surface area (Å²) in [4.78, 5) is 24.6. The second-order valence-corrected chi connectivity index (χ2v) is 6.48. The number of aromatic nitrogens is 2. The first-order valence-electron chi connectivity index (χ1n) is 7.60. The van der Waals surface area contributed by atoms with Crippen molar-refractivity contribution in [2.75, 3.05) is 11.9 Å². The fraction of sp³-hybridized carbons (Fsp3) is 0.353. The lowest BCUT2D eigenvalue weighted by molar-refractivity contribution is 0.0586. The fourth-order valence-electron chi connectivity index (χ4n) is 2.11. The molecule has 25 heavy (non-hydrogen) atoms. The highest BCUT2D eigenvalue weighted by molar-refractivity contribution is 5.90. The molecule has 0 fully saturated rings. The molecule has 0 unspecified atom stereocenters. The number of rotatable bonds is 4. The predicted molar refractivity (Wildman–Crippen MR) is 89.3 cm³/mol. The summed E-state index contributed by atoms with van der Waals surface area (Å²) in [6.45, 7) is 5.14. The molecule has 0 aliphatic rings. The van der Waals surface area contributed by atoms with E-state index in [2.05, 4.69) is 5.10 Å². The summed E-state index contributed by atoms with van der Waals surface area (Å²) in [6, 6.07) is 7.33. The number of amides is 1. The Labute approximate surface area is 144 Å². The van der Waals surface area contributed by atoms with Crippen LogP contribution in [0.4, 0.5) is 15.0 Å². The normalized spacial score (nSPS) is 11.2. The molecule has 0 aliphatic carbocycles. The van der Waals surface area contributed by atoms with Crippen molar-refractivity contribution in [3.8, 4) is 0 Å². The van der Waals surface area contributed by atoms with Gasteiger partial charge in [-0.3, -0.25) is 4.90 Å². The minimum Gasteiger partial charge on any atom is -0.476 e. The first kappa shape index (κ1) is 18.4. The van der Waals surface area contributed by atoms with Gasteiger partial charge in [0.25, 0.3) is 0 Å². The van der Waals surface area contributed by atoms with Gasteiger partial charge in [0.2, 0.25) is 0 Å². The smallest absolute Gasteiger partial charge is 0.415 e. The maximum atomic E-state index is 13.9. The van der Waals surface area contributed by atoms with Crippen LogP contribution in [0.5, 0.6) is 0 Å². The lowest BCUT2D eigenvalue weighted by atomic mass is 10.2. The minimum atomic E-state index is -1.24. The van der Waals surface area contributed by atoms with Gasteiger partial charge < -0.3 is 9.84 Å². The van der Waals surface area contributed by atoms with Crippen LogP contribution >= 0.6 is 0 Å². The Bertz CT molecular complexity index is 795. The van der Waals surface area contributed by atoms with Crippen molar-refractivity contribution in [1.82, 2.24) is 9.78 Å². The van der Waals surface area contributed by atoms with Crippen molar-refractivity contribution in [3.05, 3.63) is 47.4 Å². The zero-order valence-corrected chi connectivity index (χ0v) is 14.5. The molecule has 1 aromatic heterocycles. The highest BCUT2D eigenvalue weighted by atomic mass is 19.1. The summed E-state index contributed by atoms with van der Waals surface area (Å²) in [7, 11) is 1.44. The maximum Gasteiger partial charge on any atom is 0.415 e. The van der Waals surface area contributed by atoms with Gasteiger partial charge in [0.05, 0.1) is 6.54 Å². The van der Waals surface area contributed by atoms with E-state index in [1.54, 1.807) is 39.0 Å². The van der Waals surface area contributed by atoms with Crippen LogP contribution in [0.2, 0.25) is 0 Å². The minimum absolute atomic E-state index is 0.0254. The Balaban J connectivity index is 2.38. The Hall–Kier alpha value is -2.90. The lowest BCUT2D eigenvalue weighted by Gasteiger charge is -2.24. The monoisotopic (exact) mass is 349 g/mol. The highest BCUT2D eigenvalue weighted by Gasteiger charge is 2.25. The zero-order valence-electron chi connectivity index (χ0n) is 14.5. The van der Waals surface area contributed by atoms with Crippen molar-refractivity contribution in [2.24, 2.45) is 0 Å². The highest BCUT2D eigenvalue weighted by Crippen LogP contribution is 2.21. The van der Waals surface area contributed by atoms with Crippen molar-refractivity contribution in [3.63, 3.8) is 0 Å². The van der Waals surface area contributed by atoms with Crippen molar-refractivity contribution in [2.45, 2.75) is 32.9 Å². The first-order chi connectivity index (χ1) is 11.6. The maximum absolute atomic E-state index is 13.9. The number of hydrogen-bond donors (Lipinski definition) is 1. The number of carbonyl (C=O) groups is 2. The van der Waals surface area contributed by atoms with Gasteiger partial charge in [0, 0.05) is 18.7 Å². The van der Waals surface area contributed by atoms with Crippen LogP contribution in [0.1, 0.15) is 36.8 Å². The van der Waals surface area contributed by atoms with Crippen molar-refractivity contribution >= 4 is 17.9 Å². The Morgan fingerprint density at radius 1 is 1.32 bits per heavy atom. The average molecular weight is 349 g/mol. The number of aromatic carboxylic acids is 1. The molecule has 7 nitrogen and oxygen atoms in total. The number of nitrogens with zero attached hydrogens (tertiary/aromatic N) is 3. The van der Waals surface area contributed by atoms with E-state index < -0.39 is 23.5 Å². The molecular weight excluding hydrogens is 329 g/mol. The SMILES string of the molecule is CN(C(=O)OC(C)(C)C)c1cc(C(=O)O)nn1Cc1ccccc1F. The van der Waals surface area contributed by atoms with Crippen molar-refractivity contribution < 1.29 is 23.8 Å². The van der Waals surface area contributed by atoms with Gasteiger partial charge in [0.15, 0.2) is 5.69 Å². The van der Waals surface area contributed by atoms with E-state index >= 15 is 0 Å². The lowest BCUT2D eigenvalue weighted by Crippen LogP contribution is -2.35. The van der Waals surface area contributed by atoms with Gasteiger partial charge in [-0.25, -0.2) is 18.7 Å². The van der Waals surface area contributed by atoms with Crippen LogP contribution in [0, 0.1) is 5.82 Å². The topological polar surface area (TPSA) is 84.7 Å². The third kappa shape index (κ3) is 4.56. The van der Waals surface area contributed by atoms with Gasteiger partial charge in [0.1, 0.15) is 17.2 Å². The van der Waals surface area contributed by atoms with Crippen LogP contribution in [0.15, 0.2) is 30.3 Å². The standard InChI is InChI=1S/C17H20FN3O4/c1-17(2,3)25-16(24)20(4)14-9-13(15(22)23)19-21(14)10-11-7-5-6-8-12(11)18/h5-9H,10H2,1-4H3,(H,22,23). The fourth-order valence-corrected chi connectivity index (χ4v) is 2.11. The summed E-state index contributed by atoms with van der Waals surface area (Å²) in [6.07, 6.45) is -0.667. The van der Waals surface area contributed by atoms with Crippen molar-refractivity contribution in [1.29, 1.82) is 0 Å². The van der Waals surface area contributed by atoms with Crippen LogP contribution in [-0.2, 0) is 11.3 Å². The number of ether oxygens (including phenoxy) is 1. The number of carboxylic acid groups (broad SMARTS) is 1. The number of carboxylic acids is 1. The molecule has 134 valence electrons. The number of anilines is 1. The molecule has 0 aliphatic heterocycles. The first-order valence-corrected chi connectivity index (χ1v) is 7.60. The Morgan fingerprint density at radius 2 is 1.96 bits per heavy atom. The number of carbonyl (C=O) groups excluding carboxylic acids is 1. The van der Waals surface area contributed by atoms with Gasteiger partial charge in [-0.05, 0) is 26.8 Å². The molecule has 1 amide bonds. The number of benzene rings is 1. The van der Waals surface area contributed by atoms with E-state index in [4.69, 9.17) is 9.84 Å². The molecule has 1 N–H and O–H groups in total. The molecule has 0 radical (unpaired) electrons. The van der Waals surface area contributed by atoms with Crippen LogP contribution in [-0.4, -0.2) is 39.6 Å². The molecule has 2 rings (SSSR count). The quantitative estimate of drug-likeness (QED) is 0.917. The van der Waals surface area contributed by atoms with E-state index in [1.165, 1.54) is 23.9 Å². The summed E-state index contributed by atoms with van der Waals surface area (Å²) in [5.74, 6) is -1.50. The van der Waals surface area contributed by atoms with Gasteiger partial charge in [-0.1, -0.05) is 18.2 Å². The van der Waals surface area contributed by atoms with Crippen LogP contribution < -0.4 is 4.90 Å². The predicted octanol–water partition coefficient (Wildman–Crippen LogP) is 3.14.